The fraction of sp³-hybridized carbons (Fsp3) is 0.632. The molecule has 0 radical (unpaired) electrons. The average molecular weight is 372 g/mol. The predicted molar refractivity (Wildman–Crippen MR) is 93.2 cm³/mol. The first-order chi connectivity index (χ1) is 12.4. The molecule has 1 aliphatic rings. The number of amides is 1. The maximum absolute atomic E-state index is 13.0. The number of carbonyl (C=O) groups is 1. The Morgan fingerprint density at radius 1 is 1.19 bits per heavy atom. The molecule has 1 saturated carbocycles. The zero-order chi connectivity index (χ0) is 19.0. The van der Waals surface area contributed by atoms with Gasteiger partial charge in [-0.05, 0) is 24.3 Å². The van der Waals surface area contributed by atoms with Crippen LogP contribution in [0.5, 0.6) is 0 Å². The Labute approximate surface area is 152 Å². The van der Waals surface area contributed by atoms with E-state index in [1.807, 2.05) is 6.07 Å². The van der Waals surface area contributed by atoms with Crippen LogP contribution in [0.25, 0.3) is 0 Å². The van der Waals surface area contributed by atoms with Crippen molar-refractivity contribution in [2.75, 3.05) is 6.54 Å². The van der Waals surface area contributed by atoms with Crippen LogP contribution in [0.3, 0.4) is 0 Å². The van der Waals surface area contributed by atoms with Gasteiger partial charge in [0, 0.05) is 6.54 Å². The van der Waals surface area contributed by atoms with Crippen LogP contribution in [-0.2, 0) is 11.3 Å². The van der Waals surface area contributed by atoms with Crippen LogP contribution >= 0.6 is 0 Å². The molecule has 7 heteroatoms. The highest BCUT2D eigenvalue weighted by molar-refractivity contribution is 5.68. The number of alkyl halides is 3. The molecule has 1 aromatic rings. The normalized spacial score (nSPS) is 16.9. The Hall–Kier alpha value is -1.76. The first-order valence-electron chi connectivity index (χ1n) is 9.17. The molecule has 2 N–H and O–H groups in total. The minimum atomic E-state index is -4.68. The first kappa shape index (κ1) is 20.6. The van der Waals surface area contributed by atoms with Crippen molar-refractivity contribution in [3.8, 4) is 0 Å². The lowest BCUT2D eigenvalue weighted by Crippen LogP contribution is -2.54. The Balaban J connectivity index is 1.90. The molecule has 0 heterocycles. The topological polar surface area (TPSA) is 55.6 Å². The van der Waals surface area contributed by atoms with E-state index in [9.17, 15) is 18.0 Å². The highest BCUT2D eigenvalue weighted by Gasteiger charge is 2.43. The molecule has 0 spiro atoms. The number of hydrogen-bond donors (Lipinski definition) is 1. The van der Waals surface area contributed by atoms with Gasteiger partial charge in [0.1, 0.15) is 6.61 Å². The van der Waals surface area contributed by atoms with Crippen molar-refractivity contribution >= 4 is 6.09 Å². The summed E-state index contributed by atoms with van der Waals surface area (Å²) in [6.07, 6.45) is -0.940. The van der Waals surface area contributed by atoms with Crippen molar-refractivity contribution in [2.24, 2.45) is 11.7 Å². The zero-order valence-electron chi connectivity index (χ0n) is 14.9. The van der Waals surface area contributed by atoms with Crippen molar-refractivity contribution in [3.63, 3.8) is 0 Å². The molecule has 146 valence electrons. The fourth-order valence-electron chi connectivity index (χ4n) is 3.35. The molecule has 2 rings (SSSR count). The number of ether oxygens (including phenoxy) is 1. The molecule has 1 unspecified atom stereocenters. The zero-order valence-corrected chi connectivity index (χ0v) is 14.9. The lowest BCUT2D eigenvalue weighted by atomic mass is 9.86. The monoisotopic (exact) mass is 372 g/mol. The summed E-state index contributed by atoms with van der Waals surface area (Å²) in [5, 5.41) is 0. The Bertz CT molecular complexity index is 545. The first-order valence-corrected chi connectivity index (χ1v) is 9.17. The average Bonchev–Trinajstić information content (AvgIpc) is 2.64. The number of benzene rings is 1. The number of nitrogens with zero attached hydrogens (tertiary/aromatic N) is 1. The summed E-state index contributed by atoms with van der Waals surface area (Å²) >= 11 is 0. The summed E-state index contributed by atoms with van der Waals surface area (Å²) in [5.41, 5.74) is 6.00. The van der Waals surface area contributed by atoms with Gasteiger partial charge in [-0.3, -0.25) is 4.90 Å². The van der Waals surface area contributed by atoms with Gasteiger partial charge in [-0.2, -0.15) is 13.2 Å². The predicted octanol–water partition coefficient (Wildman–Crippen LogP) is 4.83. The smallest absolute Gasteiger partial charge is 0.422 e. The van der Waals surface area contributed by atoms with Crippen molar-refractivity contribution in [3.05, 3.63) is 35.9 Å². The number of hydrogen-bond acceptors (Lipinski definition) is 3. The Kier molecular flexibility index (Phi) is 7.75. The van der Waals surface area contributed by atoms with E-state index in [-0.39, 0.29) is 13.2 Å². The van der Waals surface area contributed by atoms with Crippen LogP contribution in [0.1, 0.15) is 50.5 Å². The largest absolute Gasteiger partial charge is 0.445 e. The van der Waals surface area contributed by atoms with E-state index in [1.165, 1.54) is 19.3 Å². The summed E-state index contributed by atoms with van der Waals surface area (Å²) < 4.78 is 44.1. The lowest BCUT2D eigenvalue weighted by molar-refractivity contribution is -0.178. The fourth-order valence-corrected chi connectivity index (χ4v) is 3.35. The third kappa shape index (κ3) is 6.52. The summed E-state index contributed by atoms with van der Waals surface area (Å²) in [7, 11) is 0. The number of nitrogens with two attached hydrogens (primary N) is 1. The van der Waals surface area contributed by atoms with E-state index in [0.717, 1.165) is 19.3 Å². The van der Waals surface area contributed by atoms with Gasteiger partial charge in [0.15, 0.2) is 6.17 Å². The molecule has 26 heavy (non-hydrogen) atoms. The van der Waals surface area contributed by atoms with E-state index in [2.05, 4.69) is 0 Å². The van der Waals surface area contributed by atoms with Crippen molar-refractivity contribution in [2.45, 2.75) is 63.9 Å². The number of halogens is 3. The van der Waals surface area contributed by atoms with Gasteiger partial charge in [0.25, 0.3) is 0 Å². The standard InChI is InChI=1S/C19H27F3N2O2/c20-19(21,22)17(23)24(13-7-12-15-8-3-1-4-9-15)18(25)26-14-16-10-5-2-6-11-16/h2,5-6,10-11,15,17H,1,3-4,7-9,12-14,23H2. The second-order valence-electron chi connectivity index (χ2n) is 6.87. The van der Waals surface area contributed by atoms with E-state index < -0.39 is 18.4 Å². The van der Waals surface area contributed by atoms with E-state index >= 15 is 0 Å². The summed E-state index contributed by atoms with van der Waals surface area (Å²) in [6.45, 7) is -0.131. The molecular formula is C19H27F3N2O2. The minimum absolute atomic E-state index is 0.0508. The second-order valence-corrected chi connectivity index (χ2v) is 6.87. The van der Waals surface area contributed by atoms with Gasteiger partial charge in [-0.15, -0.1) is 0 Å². The van der Waals surface area contributed by atoms with E-state index in [0.29, 0.717) is 22.8 Å². The van der Waals surface area contributed by atoms with Gasteiger partial charge >= 0.3 is 12.3 Å². The van der Waals surface area contributed by atoms with Crippen molar-refractivity contribution in [1.29, 1.82) is 0 Å². The number of rotatable bonds is 7. The molecular weight excluding hydrogens is 345 g/mol. The molecule has 0 aliphatic heterocycles. The molecule has 1 atom stereocenters. The summed E-state index contributed by atoms with van der Waals surface area (Å²) in [6, 6.07) is 8.83. The van der Waals surface area contributed by atoms with Crippen LogP contribution < -0.4 is 5.73 Å². The molecule has 0 aromatic heterocycles. The maximum Gasteiger partial charge on any atom is 0.422 e. The van der Waals surface area contributed by atoms with Crippen LogP contribution in [0.15, 0.2) is 30.3 Å². The minimum Gasteiger partial charge on any atom is -0.445 e. The lowest BCUT2D eigenvalue weighted by Gasteiger charge is -2.30. The Morgan fingerprint density at radius 3 is 2.46 bits per heavy atom. The molecule has 1 aliphatic carbocycles. The SMILES string of the molecule is NC(N(CCCC1CCCCC1)C(=O)OCc1ccccc1)C(F)(F)F. The molecule has 4 nitrogen and oxygen atoms in total. The molecule has 1 aromatic carbocycles. The second kappa shape index (κ2) is 9.80. The van der Waals surface area contributed by atoms with Gasteiger partial charge in [0.05, 0.1) is 0 Å². The van der Waals surface area contributed by atoms with Crippen LogP contribution in [-0.4, -0.2) is 29.9 Å². The van der Waals surface area contributed by atoms with Gasteiger partial charge in [-0.25, -0.2) is 4.79 Å². The quantitative estimate of drug-likeness (QED) is 0.697. The highest BCUT2D eigenvalue weighted by Crippen LogP contribution is 2.28. The maximum atomic E-state index is 13.0. The Morgan fingerprint density at radius 2 is 1.85 bits per heavy atom. The summed E-state index contributed by atoms with van der Waals surface area (Å²) in [4.78, 5) is 12.8. The van der Waals surface area contributed by atoms with Crippen molar-refractivity contribution in [1.82, 2.24) is 4.90 Å². The van der Waals surface area contributed by atoms with Gasteiger partial charge in [-0.1, -0.05) is 62.4 Å². The van der Waals surface area contributed by atoms with Crippen LogP contribution in [0, 0.1) is 5.92 Å². The highest BCUT2D eigenvalue weighted by atomic mass is 19.4. The van der Waals surface area contributed by atoms with E-state index in [1.54, 1.807) is 24.3 Å². The van der Waals surface area contributed by atoms with E-state index in [4.69, 9.17) is 10.5 Å². The third-order valence-electron chi connectivity index (χ3n) is 4.85. The molecule has 1 amide bonds. The van der Waals surface area contributed by atoms with Gasteiger partial charge in [0.2, 0.25) is 0 Å². The number of carbonyl (C=O) groups excluding carboxylic acids is 1. The van der Waals surface area contributed by atoms with Crippen LogP contribution in [0.4, 0.5) is 18.0 Å². The van der Waals surface area contributed by atoms with Crippen LogP contribution in [0.2, 0.25) is 0 Å². The van der Waals surface area contributed by atoms with Gasteiger partial charge < -0.3 is 10.5 Å². The van der Waals surface area contributed by atoms with Crippen molar-refractivity contribution < 1.29 is 22.7 Å². The molecule has 1 fully saturated rings. The summed E-state index contributed by atoms with van der Waals surface area (Å²) in [5.74, 6) is 0.535. The molecule has 0 saturated heterocycles. The third-order valence-corrected chi connectivity index (χ3v) is 4.85. The molecule has 0 bridgehead atoms.